The van der Waals surface area contributed by atoms with E-state index < -0.39 is 0 Å². The largest absolute Gasteiger partial charge is 0.507 e. The summed E-state index contributed by atoms with van der Waals surface area (Å²) in [6.45, 7) is 2.24. The summed E-state index contributed by atoms with van der Waals surface area (Å²) in [5.41, 5.74) is 9.85. The van der Waals surface area contributed by atoms with Gasteiger partial charge in [-0.05, 0) is 24.6 Å². The smallest absolute Gasteiger partial charge is 0.122 e. The molecule has 0 atom stereocenters. The van der Waals surface area contributed by atoms with Gasteiger partial charge in [-0.1, -0.05) is 28.9 Å². The second kappa shape index (κ2) is 4.94. The van der Waals surface area contributed by atoms with Crippen LogP contribution in [0.3, 0.4) is 0 Å². The van der Waals surface area contributed by atoms with Crippen LogP contribution in [0.2, 0.25) is 0 Å². The molecule has 4 heteroatoms. The first kappa shape index (κ1) is 10.2. The van der Waals surface area contributed by atoms with E-state index in [-0.39, 0.29) is 5.75 Å². The molecule has 0 bridgehead atoms. The molecular weight excluding hydrogens is 178 g/mol. The molecular formula is C10H11N3O. The number of benzene rings is 1. The van der Waals surface area contributed by atoms with Crippen LogP contribution in [0.15, 0.2) is 29.4 Å². The molecule has 1 aromatic rings. The third kappa shape index (κ3) is 2.84. The highest BCUT2D eigenvalue weighted by Crippen LogP contribution is 2.19. The van der Waals surface area contributed by atoms with Crippen LogP contribution in [-0.2, 0) is 0 Å². The van der Waals surface area contributed by atoms with Gasteiger partial charge in [0.2, 0.25) is 0 Å². The molecule has 0 aliphatic rings. The van der Waals surface area contributed by atoms with Crippen molar-refractivity contribution in [3.8, 4) is 5.75 Å². The maximum absolute atomic E-state index is 9.44. The molecule has 0 unspecified atom stereocenters. The van der Waals surface area contributed by atoms with Crippen LogP contribution in [0.5, 0.6) is 5.75 Å². The highest BCUT2D eigenvalue weighted by molar-refractivity contribution is 5.57. The molecule has 0 radical (unpaired) electrons. The fourth-order valence-electron chi connectivity index (χ4n) is 1.07. The first-order valence-electron chi connectivity index (χ1n) is 4.21. The minimum absolute atomic E-state index is 0.229. The molecule has 0 saturated heterocycles. The molecule has 72 valence electrons. The van der Waals surface area contributed by atoms with E-state index in [9.17, 15) is 5.11 Å². The molecule has 0 amide bonds. The number of nitrogens with zero attached hydrogens (tertiary/aromatic N) is 3. The minimum Gasteiger partial charge on any atom is -0.507 e. The molecule has 1 aromatic carbocycles. The second-order valence-corrected chi connectivity index (χ2v) is 2.88. The Balaban J connectivity index is 2.79. The summed E-state index contributed by atoms with van der Waals surface area (Å²) >= 11 is 0. The Kier molecular flexibility index (Phi) is 3.58. The van der Waals surface area contributed by atoms with Crippen molar-refractivity contribution < 1.29 is 5.11 Å². The van der Waals surface area contributed by atoms with E-state index in [0.29, 0.717) is 6.54 Å². The normalized spacial score (nSPS) is 10.1. The zero-order valence-corrected chi connectivity index (χ0v) is 7.88. The van der Waals surface area contributed by atoms with Crippen LogP contribution >= 0.6 is 0 Å². The second-order valence-electron chi connectivity index (χ2n) is 2.88. The lowest BCUT2D eigenvalue weighted by atomic mass is 10.1. The zero-order valence-electron chi connectivity index (χ0n) is 7.88. The van der Waals surface area contributed by atoms with Gasteiger partial charge >= 0.3 is 0 Å². The summed E-state index contributed by atoms with van der Waals surface area (Å²) < 4.78 is 0. The molecule has 0 heterocycles. The summed E-state index contributed by atoms with van der Waals surface area (Å²) in [5.74, 6) is 0.229. The van der Waals surface area contributed by atoms with Gasteiger partial charge in [-0.2, -0.15) is 0 Å². The van der Waals surface area contributed by atoms with Crippen molar-refractivity contribution >= 4 is 6.08 Å². The average molecular weight is 189 g/mol. The van der Waals surface area contributed by atoms with Crippen molar-refractivity contribution in [2.75, 3.05) is 6.54 Å². The van der Waals surface area contributed by atoms with Gasteiger partial charge < -0.3 is 5.11 Å². The number of hydrogen-bond acceptors (Lipinski definition) is 2. The molecule has 14 heavy (non-hydrogen) atoms. The molecule has 0 spiro atoms. The van der Waals surface area contributed by atoms with Crippen LogP contribution in [0, 0.1) is 6.92 Å². The summed E-state index contributed by atoms with van der Waals surface area (Å²) in [6.07, 6.45) is 3.44. The first-order valence-corrected chi connectivity index (χ1v) is 4.21. The van der Waals surface area contributed by atoms with Gasteiger partial charge in [-0.25, -0.2) is 0 Å². The van der Waals surface area contributed by atoms with E-state index in [2.05, 4.69) is 10.0 Å². The van der Waals surface area contributed by atoms with Crippen molar-refractivity contribution in [3.05, 3.63) is 45.8 Å². The summed E-state index contributed by atoms with van der Waals surface area (Å²) in [5, 5.41) is 12.8. The lowest BCUT2D eigenvalue weighted by Gasteiger charge is -1.99. The maximum Gasteiger partial charge on any atom is 0.122 e. The highest BCUT2D eigenvalue weighted by atomic mass is 16.3. The zero-order chi connectivity index (χ0) is 10.4. The molecule has 0 saturated carbocycles. The van der Waals surface area contributed by atoms with Crippen LogP contribution in [0.4, 0.5) is 0 Å². The number of phenols is 1. The number of aryl methyl sites for hydroxylation is 1. The van der Waals surface area contributed by atoms with E-state index in [4.69, 9.17) is 5.53 Å². The quantitative estimate of drug-likeness (QED) is 0.443. The first-order chi connectivity index (χ1) is 6.74. The van der Waals surface area contributed by atoms with E-state index in [1.807, 2.05) is 19.1 Å². The van der Waals surface area contributed by atoms with Gasteiger partial charge in [0.1, 0.15) is 5.75 Å². The van der Waals surface area contributed by atoms with E-state index in [0.717, 1.165) is 11.1 Å². The summed E-state index contributed by atoms with van der Waals surface area (Å²) in [4.78, 5) is 2.62. The van der Waals surface area contributed by atoms with Gasteiger partial charge in [0, 0.05) is 17.0 Å². The topological polar surface area (TPSA) is 69.0 Å². The Morgan fingerprint density at radius 1 is 1.57 bits per heavy atom. The molecule has 1 N–H and O–H groups in total. The Morgan fingerprint density at radius 2 is 2.36 bits per heavy atom. The average Bonchev–Trinajstić information content (AvgIpc) is 2.18. The lowest BCUT2D eigenvalue weighted by molar-refractivity contribution is 0.474. The van der Waals surface area contributed by atoms with Crippen LogP contribution in [0.1, 0.15) is 11.1 Å². The fraction of sp³-hybridized carbons (Fsp3) is 0.200. The molecule has 0 fully saturated rings. The Hall–Kier alpha value is -1.93. The monoisotopic (exact) mass is 189 g/mol. The fourth-order valence-corrected chi connectivity index (χ4v) is 1.07. The highest BCUT2D eigenvalue weighted by Gasteiger charge is 1.95. The number of azide groups is 1. The number of rotatable bonds is 3. The van der Waals surface area contributed by atoms with Crippen LogP contribution in [0.25, 0.3) is 16.5 Å². The summed E-state index contributed by atoms with van der Waals surface area (Å²) in [6, 6.07) is 5.34. The van der Waals surface area contributed by atoms with E-state index in [1.54, 1.807) is 18.2 Å². The Morgan fingerprint density at radius 3 is 3.07 bits per heavy atom. The van der Waals surface area contributed by atoms with Crippen molar-refractivity contribution in [2.45, 2.75) is 6.92 Å². The van der Waals surface area contributed by atoms with Gasteiger partial charge in [-0.15, -0.1) is 0 Å². The number of hydrogen-bond donors (Lipinski definition) is 1. The minimum atomic E-state index is 0.229. The van der Waals surface area contributed by atoms with Crippen LogP contribution < -0.4 is 0 Å². The number of aromatic hydroxyl groups is 1. The third-order valence-electron chi connectivity index (χ3n) is 1.73. The molecule has 1 rings (SSSR count). The van der Waals surface area contributed by atoms with E-state index >= 15 is 0 Å². The lowest BCUT2D eigenvalue weighted by Crippen LogP contribution is -1.78. The van der Waals surface area contributed by atoms with Gasteiger partial charge in [-0.3, -0.25) is 0 Å². The molecule has 0 aromatic heterocycles. The molecule has 0 aliphatic heterocycles. The maximum atomic E-state index is 9.44. The van der Waals surface area contributed by atoms with E-state index in [1.165, 1.54) is 0 Å². The third-order valence-corrected chi connectivity index (χ3v) is 1.73. The molecule has 0 aliphatic carbocycles. The van der Waals surface area contributed by atoms with Gasteiger partial charge in [0.25, 0.3) is 0 Å². The van der Waals surface area contributed by atoms with Crippen molar-refractivity contribution in [2.24, 2.45) is 5.11 Å². The van der Waals surface area contributed by atoms with Crippen LogP contribution in [-0.4, -0.2) is 11.7 Å². The van der Waals surface area contributed by atoms with Gasteiger partial charge in [0.15, 0.2) is 0 Å². The Bertz CT molecular complexity index is 392. The molecule has 4 nitrogen and oxygen atoms in total. The van der Waals surface area contributed by atoms with Crippen molar-refractivity contribution in [1.29, 1.82) is 0 Å². The predicted molar refractivity (Wildman–Crippen MR) is 55.9 cm³/mol. The predicted octanol–water partition coefficient (Wildman–Crippen LogP) is 3.02. The summed E-state index contributed by atoms with van der Waals surface area (Å²) in [7, 11) is 0. The van der Waals surface area contributed by atoms with Crippen molar-refractivity contribution in [3.63, 3.8) is 0 Å². The Labute approximate surface area is 82.1 Å². The van der Waals surface area contributed by atoms with Gasteiger partial charge in [0.05, 0.1) is 0 Å². The standard InChI is InChI=1S/C10H11N3O/c1-8-4-5-10(14)9(7-8)3-2-6-12-13-11/h2-5,7,14H,6H2,1H3. The number of phenolic OH excluding ortho intramolecular Hbond substituents is 1. The SMILES string of the molecule is Cc1ccc(O)c(C=CCN=[N+]=[N-])c1. The van der Waals surface area contributed by atoms with Crippen molar-refractivity contribution in [1.82, 2.24) is 0 Å².